The van der Waals surface area contributed by atoms with E-state index in [2.05, 4.69) is 31.6 Å². The summed E-state index contributed by atoms with van der Waals surface area (Å²) >= 11 is 5.98. The van der Waals surface area contributed by atoms with Crippen molar-refractivity contribution in [2.75, 3.05) is 17.2 Å². The lowest BCUT2D eigenvalue weighted by molar-refractivity contribution is 0.243. The third kappa shape index (κ3) is 4.95. The van der Waals surface area contributed by atoms with Gasteiger partial charge in [-0.3, -0.25) is 4.90 Å². The number of rotatable bonds is 5. The van der Waals surface area contributed by atoms with E-state index in [0.717, 1.165) is 60.0 Å². The zero-order chi connectivity index (χ0) is 23.5. The highest BCUT2D eigenvalue weighted by atomic mass is 35.5. The molecule has 0 fully saturated rings. The quantitative estimate of drug-likeness (QED) is 0.328. The predicted octanol–water partition coefficient (Wildman–Crippen LogP) is 6.07. The van der Waals surface area contributed by atoms with Gasteiger partial charge in [-0.05, 0) is 60.0 Å². The molecule has 2 heterocycles. The molecule has 172 valence electrons. The molecule has 0 radical (unpaired) electrons. The Kier molecular flexibility index (Phi) is 6.29. The number of halogens is 2. The minimum atomic E-state index is -0.471. The number of nitrogens with zero attached hydrogens (tertiary/aromatic N) is 2. The molecule has 1 aromatic heterocycles. The summed E-state index contributed by atoms with van der Waals surface area (Å²) in [5.74, 6) is 0.345. The van der Waals surface area contributed by atoms with E-state index in [1.807, 2.05) is 42.6 Å². The molecule has 0 spiro atoms. The largest absolute Gasteiger partial charge is 0.341 e. The summed E-state index contributed by atoms with van der Waals surface area (Å²) in [6, 6.07) is 19.1. The van der Waals surface area contributed by atoms with Crippen LogP contribution in [0.25, 0.3) is 11.4 Å². The topological polar surface area (TPSA) is 73.1 Å². The Morgan fingerprint density at radius 1 is 1.03 bits per heavy atom. The average Bonchev–Trinajstić information content (AvgIpc) is 3.29. The van der Waals surface area contributed by atoms with Crippen LogP contribution in [0.5, 0.6) is 0 Å². The summed E-state index contributed by atoms with van der Waals surface area (Å²) in [5, 5.41) is 6.14. The van der Waals surface area contributed by atoms with Gasteiger partial charge in [-0.2, -0.15) is 0 Å². The fourth-order valence-corrected chi connectivity index (χ4v) is 4.32. The molecule has 5 rings (SSSR count). The number of urea groups is 1. The highest BCUT2D eigenvalue weighted by molar-refractivity contribution is 6.30. The van der Waals surface area contributed by atoms with Gasteiger partial charge in [0.2, 0.25) is 0 Å². The Morgan fingerprint density at radius 2 is 1.79 bits per heavy atom. The highest BCUT2D eigenvalue weighted by Gasteiger charge is 2.20. The van der Waals surface area contributed by atoms with Crippen LogP contribution in [-0.2, 0) is 19.5 Å². The van der Waals surface area contributed by atoms with E-state index >= 15 is 0 Å². The lowest BCUT2D eigenvalue weighted by atomic mass is 9.97. The molecule has 2 amide bonds. The number of hydrogen-bond acceptors (Lipinski definition) is 3. The second kappa shape index (κ2) is 9.67. The predicted molar refractivity (Wildman–Crippen MR) is 132 cm³/mol. The van der Waals surface area contributed by atoms with Gasteiger partial charge in [0.1, 0.15) is 11.6 Å². The standard InChI is InChI=1S/C26H23ClFN5O/c27-19-10-8-17(9-11-19)25-29-14-20(30-25)16-33-13-12-21-18(15-33)4-3-7-23(21)31-26(34)32-24-6-2-1-5-22(24)28/h1-11,14H,12-13,15-16H2,(H,29,30)(H2,31,32,34). The lowest BCUT2D eigenvalue weighted by Crippen LogP contribution is -2.31. The van der Waals surface area contributed by atoms with Crippen molar-refractivity contribution in [3.8, 4) is 11.4 Å². The number of imidazole rings is 1. The number of aromatic amines is 1. The number of benzene rings is 3. The van der Waals surface area contributed by atoms with Gasteiger partial charge in [0, 0.05) is 47.8 Å². The van der Waals surface area contributed by atoms with Gasteiger partial charge in [0.05, 0.1) is 5.69 Å². The molecule has 3 aromatic carbocycles. The second-order valence-electron chi connectivity index (χ2n) is 8.23. The molecule has 1 aliphatic rings. The summed E-state index contributed by atoms with van der Waals surface area (Å²) in [4.78, 5) is 22.7. The number of nitrogens with one attached hydrogen (secondary N) is 3. The van der Waals surface area contributed by atoms with E-state index in [4.69, 9.17) is 11.6 Å². The summed E-state index contributed by atoms with van der Waals surface area (Å²) < 4.78 is 13.8. The maximum Gasteiger partial charge on any atom is 0.323 e. The third-order valence-electron chi connectivity index (χ3n) is 5.86. The van der Waals surface area contributed by atoms with Gasteiger partial charge in [-0.25, -0.2) is 14.2 Å². The van der Waals surface area contributed by atoms with Gasteiger partial charge in [0.25, 0.3) is 0 Å². The summed E-state index contributed by atoms with van der Waals surface area (Å²) in [5.41, 5.74) is 5.18. The first-order valence-electron chi connectivity index (χ1n) is 11.0. The minimum absolute atomic E-state index is 0.147. The van der Waals surface area contributed by atoms with E-state index in [0.29, 0.717) is 5.02 Å². The molecule has 0 bridgehead atoms. The number of fused-ring (bicyclic) bond motifs is 1. The van der Waals surface area contributed by atoms with Gasteiger partial charge in [-0.1, -0.05) is 35.9 Å². The van der Waals surface area contributed by atoms with Crippen molar-refractivity contribution in [3.63, 3.8) is 0 Å². The zero-order valence-electron chi connectivity index (χ0n) is 18.3. The van der Waals surface area contributed by atoms with Crippen LogP contribution in [0.3, 0.4) is 0 Å². The van der Waals surface area contributed by atoms with Crippen molar-refractivity contribution < 1.29 is 9.18 Å². The van der Waals surface area contributed by atoms with E-state index in [9.17, 15) is 9.18 Å². The van der Waals surface area contributed by atoms with E-state index in [1.54, 1.807) is 12.1 Å². The first kappa shape index (κ1) is 22.1. The molecule has 0 unspecified atom stereocenters. The smallest absolute Gasteiger partial charge is 0.323 e. The van der Waals surface area contributed by atoms with Crippen molar-refractivity contribution in [2.24, 2.45) is 0 Å². The van der Waals surface area contributed by atoms with E-state index < -0.39 is 11.8 Å². The first-order chi connectivity index (χ1) is 16.5. The van der Waals surface area contributed by atoms with Crippen LogP contribution in [-0.4, -0.2) is 27.4 Å². The highest BCUT2D eigenvalue weighted by Crippen LogP contribution is 2.28. The molecule has 0 saturated heterocycles. The molecule has 0 saturated carbocycles. The van der Waals surface area contributed by atoms with E-state index in [1.165, 1.54) is 12.1 Å². The van der Waals surface area contributed by atoms with Crippen molar-refractivity contribution >= 4 is 29.0 Å². The molecule has 6 nitrogen and oxygen atoms in total. The third-order valence-corrected chi connectivity index (χ3v) is 6.11. The van der Waals surface area contributed by atoms with Crippen molar-refractivity contribution in [1.29, 1.82) is 0 Å². The number of anilines is 2. The Labute approximate surface area is 201 Å². The van der Waals surface area contributed by atoms with E-state index in [-0.39, 0.29) is 5.69 Å². The monoisotopic (exact) mass is 475 g/mol. The summed E-state index contributed by atoms with van der Waals surface area (Å²) in [6.45, 7) is 2.34. The Hall–Kier alpha value is -3.68. The van der Waals surface area contributed by atoms with Crippen molar-refractivity contribution in [3.05, 3.63) is 101 Å². The molecular weight excluding hydrogens is 453 g/mol. The fourth-order valence-electron chi connectivity index (χ4n) is 4.19. The number of carbonyl (C=O) groups is 1. The van der Waals surface area contributed by atoms with Crippen LogP contribution < -0.4 is 10.6 Å². The lowest BCUT2D eigenvalue weighted by Gasteiger charge is -2.29. The number of carbonyl (C=O) groups excluding carboxylic acids is 1. The van der Waals surface area contributed by atoms with Crippen LogP contribution in [0.1, 0.15) is 16.8 Å². The average molecular weight is 476 g/mol. The number of hydrogen-bond donors (Lipinski definition) is 3. The van der Waals surface area contributed by atoms with Gasteiger partial charge >= 0.3 is 6.03 Å². The summed E-state index contributed by atoms with van der Waals surface area (Å²) in [7, 11) is 0. The van der Waals surface area contributed by atoms with Crippen LogP contribution in [0, 0.1) is 5.82 Å². The number of H-pyrrole nitrogens is 1. The minimum Gasteiger partial charge on any atom is -0.341 e. The normalized spacial score (nSPS) is 13.4. The van der Waals surface area contributed by atoms with Crippen molar-refractivity contribution in [1.82, 2.24) is 14.9 Å². The first-order valence-corrected chi connectivity index (χ1v) is 11.4. The maximum atomic E-state index is 13.8. The summed E-state index contributed by atoms with van der Waals surface area (Å²) in [6.07, 6.45) is 2.66. The molecule has 8 heteroatoms. The second-order valence-corrected chi connectivity index (χ2v) is 8.66. The Bertz CT molecular complexity index is 1320. The Balaban J connectivity index is 1.24. The molecule has 0 aliphatic carbocycles. The zero-order valence-corrected chi connectivity index (χ0v) is 19.1. The number of aromatic nitrogens is 2. The van der Waals surface area contributed by atoms with Crippen LogP contribution in [0.4, 0.5) is 20.6 Å². The van der Waals surface area contributed by atoms with Gasteiger partial charge < -0.3 is 15.6 Å². The van der Waals surface area contributed by atoms with Crippen LogP contribution in [0.2, 0.25) is 5.02 Å². The number of para-hydroxylation sites is 1. The molecule has 1 aliphatic heterocycles. The molecule has 0 atom stereocenters. The molecule has 3 N–H and O–H groups in total. The molecule has 4 aromatic rings. The van der Waals surface area contributed by atoms with Gasteiger partial charge in [-0.15, -0.1) is 0 Å². The van der Waals surface area contributed by atoms with Crippen LogP contribution >= 0.6 is 11.6 Å². The SMILES string of the molecule is O=C(Nc1ccccc1F)Nc1cccc2c1CCN(Cc1cnc(-c3ccc(Cl)cc3)[nH]1)C2. The van der Waals surface area contributed by atoms with Gasteiger partial charge in [0.15, 0.2) is 0 Å². The maximum absolute atomic E-state index is 13.8. The van der Waals surface area contributed by atoms with Crippen LogP contribution in [0.15, 0.2) is 72.9 Å². The van der Waals surface area contributed by atoms with Crippen molar-refractivity contribution in [2.45, 2.75) is 19.5 Å². The fraction of sp³-hybridized carbons (Fsp3) is 0.154. The number of amides is 2. The Morgan fingerprint density at radius 3 is 2.62 bits per heavy atom. The molecular formula is C26H23ClFN5O. The molecule has 34 heavy (non-hydrogen) atoms.